The molecular weight excluding hydrogens is 737 g/mol. The molecule has 0 unspecified atom stereocenters. The number of fused-ring (bicyclic) bond motifs is 10. The lowest BCUT2D eigenvalue weighted by atomic mass is 9.81. The average Bonchev–Trinajstić information content (AvgIpc) is 3.43. The molecule has 2 heterocycles. The molecule has 0 aromatic heterocycles. The number of hydrogen-bond acceptors (Lipinski definition) is 2. The van der Waals surface area contributed by atoms with Gasteiger partial charge in [-0.25, -0.2) is 0 Å². The third-order valence-electron chi connectivity index (χ3n) is 13.4. The number of para-hydroxylation sites is 4. The summed E-state index contributed by atoms with van der Waals surface area (Å²) in [6, 6.07) is 67.6. The molecule has 12 rings (SSSR count). The van der Waals surface area contributed by atoms with Gasteiger partial charge in [0.1, 0.15) is 0 Å². The number of anilines is 6. The first-order valence-corrected chi connectivity index (χ1v) is 21.5. The molecule has 2 heteroatoms. The van der Waals surface area contributed by atoms with Gasteiger partial charge in [-0.2, -0.15) is 0 Å². The molecule has 0 saturated heterocycles. The lowest BCUT2D eigenvalue weighted by molar-refractivity contribution is 0.660. The van der Waals surface area contributed by atoms with E-state index >= 15 is 0 Å². The Bertz CT molecular complexity index is 3210. The highest BCUT2D eigenvalue weighted by Gasteiger charge is 2.36. The highest BCUT2D eigenvalue weighted by Crippen LogP contribution is 2.52. The van der Waals surface area contributed by atoms with Crippen LogP contribution in [-0.4, -0.2) is 0 Å². The van der Waals surface area contributed by atoms with Crippen LogP contribution in [0.15, 0.2) is 182 Å². The van der Waals surface area contributed by atoms with Gasteiger partial charge in [-0.3, -0.25) is 0 Å². The van der Waals surface area contributed by atoms with E-state index in [0.717, 1.165) is 12.8 Å². The molecule has 3 aliphatic rings. The largest absolute Gasteiger partial charge is 0.310 e. The Hall–Kier alpha value is -7.42. The van der Waals surface area contributed by atoms with E-state index in [9.17, 15) is 0 Å². The molecule has 0 amide bonds. The van der Waals surface area contributed by atoms with Crippen molar-refractivity contribution in [2.75, 3.05) is 9.80 Å². The molecular formula is C59H44N2. The summed E-state index contributed by atoms with van der Waals surface area (Å²) in [6.07, 6.45) is 11.1. The minimum Gasteiger partial charge on any atom is -0.310 e. The van der Waals surface area contributed by atoms with Crippen molar-refractivity contribution < 1.29 is 0 Å². The predicted octanol–water partition coefficient (Wildman–Crippen LogP) is 16.0. The molecule has 0 N–H and O–H groups in total. The lowest BCUT2D eigenvalue weighted by Crippen LogP contribution is -2.17. The molecule has 0 atom stereocenters. The first-order chi connectivity index (χ1) is 30.0. The quantitative estimate of drug-likeness (QED) is 0.130. The van der Waals surface area contributed by atoms with Crippen molar-refractivity contribution in [3.8, 4) is 11.1 Å². The summed E-state index contributed by atoms with van der Waals surface area (Å²) in [5.74, 6) is 0. The van der Waals surface area contributed by atoms with E-state index in [-0.39, 0.29) is 5.41 Å². The third-order valence-corrected chi connectivity index (χ3v) is 13.4. The molecule has 2 aliphatic heterocycles. The van der Waals surface area contributed by atoms with Gasteiger partial charge in [-0.05, 0) is 145 Å². The Kier molecular flexibility index (Phi) is 8.05. The first kappa shape index (κ1) is 35.5. The standard InChI is InChI=1S/C59H44N2/c1-59(2)53-36-40(22-32-51(53)52-34-30-48(38-54(52)59)61-57-17-9-5-13-43(57)25-26-44-14-6-10-18-58(44)61)20-19-39-21-31-49-45(35-39)27-28-46-37-47(29-33-50(46)49)60-55-15-7-3-11-41(55)23-24-42-12-4-8-16-56(42)60/h3-22,25-38H,23-24H2,1-2H3/b20-19+. The maximum absolute atomic E-state index is 2.46. The van der Waals surface area contributed by atoms with Crippen LogP contribution in [0.25, 0.3) is 57.0 Å². The highest BCUT2D eigenvalue weighted by atomic mass is 15.2. The van der Waals surface area contributed by atoms with Gasteiger partial charge in [0.15, 0.2) is 0 Å². The van der Waals surface area contributed by atoms with Gasteiger partial charge in [0.25, 0.3) is 0 Å². The monoisotopic (exact) mass is 780 g/mol. The second-order valence-corrected chi connectivity index (χ2v) is 17.3. The van der Waals surface area contributed by atoms with Crippen molar-refractivity contribution in [1.82, 2.24) is 0 Å². The van der Waals surface area contributed by atoms with Gasteiger partial charge in [0.05, 0.1) is 11.4 Å². The molecule has 0 bridgehead atoms. The third kappa shape index (κ3) is 5.78. The van der Waals surface area contributed by atoms with Crippen molar-refractivity contribution in [3.05, 3.63) is 226 Å². The summed E-state index contributed by atoms with van der Waals surface area (Å²) in [4.78, 5) is 4.88. The zero-order chi connectivity index (χ0) is 40.7. The number of nitrogens with zero attached hydrogens (tertiary/aromatic N) is 2. The summed E-state index contributed by atoms with van der Waals surface area (Å²) >= 11 is 0. The van der Waals surface area contributed by atoms with Gasteiger partial charge in [0, 0.05) is 28.2 Å². The Morgan fingerprint density at radius 2 is 0.869 bits per heavy atom. The maximum atomic E-state index is 2.46. The number of hydrogen-bond donors (Lipinski definition) is 0. The summed E-state index contributed by atoms with van der Waals surface area (Å²) in [5, 5.41) is 5.05. The Labute approximate surface area is 358 Å². The van der Waals surface area contributed by atoms with Crippen molar-refractivity contribution in [3.63, 3.8) is 0 Å². The molecule has 0 fully saturated rings. The minimum absolute atomic E-state index is 0.155. The SMILES string of the molecule is CC1(C)c2cc(/C=C/c3ccc4c(ccc5cc(N6c7ccccc7CCc7ccccc76)ccc54)c3)ccc2-c2ccc(N3c4ccccc4C=Cc4ccccc43)cc21. The second kappa shape index (κ2) is 13.8. The van der Waals surface area contributed by atoms with Gasteiger partial charge < -0.3 is 9.80 Å². The summed E-state index contributed by atoms with van der Waals surface area (Å²) in [5.41, 5.74) is 20.2. The lowest BCUT2D eigenvalue weighted by Gasteiger charge is -2.29. The fourth-order valence-electron chi connectivity index (χ4n) is 10.3. The van der Waals surface area contributed by atoms with Crippen LogP contribution in [0.2, 0.25) is 0 Å². The van der Waals surface area contributed by atoms with E-state index in [1.165, 1.54) is 111 Å². The van der Waals surface area contributed by atoms with Crippen LogP contribution in [0.3, 0.4) is 0 Å². The number of rotatable bonds is 4. The van der Waals surface area contributed by atoms with Gasteiger partial charge >= 0.3 is 0 Å². The van der Waals surface area contributed by atoms with Gasteiger partial charge in [0.2, 0.25) is 0 Å². The summed E-state index contributed by atoms with van der Waals surface area (Å²) < 4.78 is 0. The zero-order valence-electron chi connectivity index (χ0n) is 34.4. The Morgan fingerprint density at radius 3 is 1.52 bits per heavy atom. The van der Waals surface area contributed by atoms with E-state index in [0.29, 0.717) is 0 Å². The normalized spacial score (nSPS) is 14.5. The topological polar surface area (TPSA) is 6.48 Å². The fraction of sp³-hybridized carbons (Fsp3) is 0.0847. The molecule has 1 aliphatic carbocycles. The Morgan fingerprint density at radius 1 is 0.410 bits per heavy atom. The van der Waals surface area contributed by atoms with Crippen molar-refractivity contribution in [1.29, 1.82) is 0 Å². The molecule has 2 nitrogen and oxygen atoms in total. The predicted molar refractivity (Wildman–Crippen MR) is 260 cm³/mol. The van der Waals surface area contributed by atoms with Gasteiger partial charge in [-0.15, -0.1) is 0 Å². The van der Waals surface area contributed by atoms with Gasteiger partial charge in [-0.1, -0.05) is 166 Å². The average molecular weight is 781 g/mol. The summed E-state index contributed by atoms with van der Waals surface area (Å²) in [7, 11) is 0. The van der Waals surface area contributed by atoms with Crippen LogP contribution in [-0.2, 0) is 18.3 Å². The van der Waals surface area contributed by atoms with Crippen molar-refractivity contribution in [2.45, 2.75) is 32.1 Å². The van der Waals surface area contributed by atoms with Crippen LogP contribution in [0, 0.1) is 0 Å². The zero-order valence-corrected chi connectivity index (χ0v) is 34.4. The van der Waals surface area contributed by atoms with Crippen LogP contribution in [0.5, 0.6) is 0 Å². The molecule has 290 valence electrons. The summed E-state index contributed by atoms with van der Waals surface area (Å²) in [6.45, 7) is 4.76. The smallest absolute Gasteiger partial charge is 0.0534 e. The van der Waals surface area contributed by atoms with Crippen LogP contribution in [0.1, 0.15) is 58.4 Å². The van der Waals surface area contributed by atoms with Crippen molar-refractivity contribution in [2.24, 2.45) is 0 Å². The Balaban J connectivity index is 0.845. The molecule has 9 aromatic carbocycles. The molecule has 61 heavy (non-hydrogen) atoms. The number of aryl methyl sites for hydroxylation is 2. The molecule has 9 aromatic rings. The van der Waals surface area contributed by atoms with Crippen LogP contribution >= 0.6 is 0 Å². The maximum Gasteiger partial charge on any atom is 0.0534 e. The van der Waals surface area contributed by atoms with E-state index < -0.39 is 0 Å². The van der Waals surface area contributed by atoms with Crippen molar-refractivity contribution >= 4 is 80.0 Å². The van der Waals surface area contributed by atoms with E-state index in [1.807, 2.05) is 0 Å². The van der Waals surface area contributed by atoms with E-state index in [4.69, 9.17) is 0 Å². The minimum atomic E-state index is -0.155. The highest BCUT2D eigenvalue weighted by molar-refractivity contribution is 6.09. The molecule has 0 saturated carbocycles. The second-order valence-electron chi connectivity index (χ2n) is 17.3. The fourth-order valence-corrected chi connectivity index (χ4v) is 10.3. The number of benzene rings is 9. The van der Waals surface area contributed by atoms with E-state index in [1.54, 1.807) is 0 Å². The van der Waals surface area contributed by atoms with E-state index in [2.05, 4.69) is 230 Å². The molecule has 0 spiro atoms. The van der Waals surface area contributed by atoms with Crippen LogP contribution in [0.4, 0.5) is 34.1 Å². The van der Waals surface area contributed by atoms with Crippen LogP contribution < -0.4 is 9.80 Å². The first-order valence-electron chi connectivity index (χ1n) is 21.5. The molecule has 0 radical (unpaired) electrons.